The Morgan fingerprint density at radius 2 is 0.792 bits per heavy atom. The highest BCUT2D eigenvalue weighted by Crippen LogP contribution is 2.44. The van der Waals surface area contributed by atoms with E-state index in [1.165, 1.54) is 11.1 Å². The molecule has 0 radical (unpaired) electrons. The molecule has 3 heteroatoms. The summed E-state index contributed by atoms with van der Waals surface area (Å²) in [5.74, 6) is 0.703. The van der Waals surface area contributed by atoms with E-state index < -0.39 is 0 Å². The lowest BCUT2D eigenvalue weighted by Gasteiger charge is -2.12. The molecule has 3 nitrogen and oxygen atoms in total. The molecule has 0 saturated carbocycles. The maximum Gasteiger partial charge on any atom is 0.160 e. The van der Waals surface area contributed by atoms with E-state index in [0.29, 0.717) is 5.82 Å². The Balaban J connectivity index is 1.16. The topological polar surface area (TPSA) is 38.9 Å². The van der Waals surface area contributed by atoms with Crippen LogP contribution < -0.4 is 0 Å². The maximum atomic E-state index is 6.92. The molecule has 0 bridgehead atoms. The molecule has 10 rings (SSSR count). The van der Waals surface area contributed by atoms with E-state index in [1.54, 1.807) is 0 Å². The van der Waals surface area contributed by atoms with Gasteiger partial charge in [0.25, 0.3) is 0 Å². The monoisotopic (exact) mass is 676 g/mol. The number of hydrogen-bond donors (Lipinski definition) is 0. The third-order valence-corrected chi connectivity index (χ3v) is 10.1. The third kappa shape index (κ3) is 5.47. The van der Waals surface area contributed by atoms with Gasteiger partial charge in [-0.3, -0.25) is 0 Å². The van der Waals surface area contributed by atoms with E-state index >= 15 is 0 Å². The molecular weight excluding hydrogens is 645 g/mol. The summed E-state index contributed by atoms with van der Waals surface area (Å²) in [6.45, 7) is 0. The third-order valence-electron chi connectivity index (χ3n) is 10.1. The van der Waals surface area contributed by atoms with E-state index in [0.717, 1.165) is 83.0 Å². The van der Waals surface area contributed by atoms with Crippen LogP contribution >= 0.6 is 0 Å². The summed E-state index contributed by atoms with van der Waals surface area (Å²) >= 11 is 0. The molecule has 0 N–H and O–H groups in total. The number of fused-ring (bicyclic) bond motifs is 5. The summed E-state index contributed by atoms with van der Waals surface area (Å²) in [5, 5.41) is 4.42. The number of hydrogen-bond acceptors (Lipinski definition) is 3. The zero-order valence-electron chi connectivity index (χ0n) is 28.8. The van der Waals surface area contributed by atoms with E-state index in [4.69, 9.17) is 14.4 Å². The van der Waals surface area contributed by atoms with Crippen LogP contribution in [0.5, 0.6) is 0 Å². The molecule has 0 aliphatic heterocycles. The van der Waals surface area contributed by atoms with Crippen LogP contribution in [0.25, 0.3) is 100.0 Å². The Morgan fingerprint density at radius 3 is 1.55 bits per heavy atom. The maximum absolute atomic E-state index is 6.92. The van der Waals surface area contributed by atoms with Gasteiger partial charge >= 0.3 is 0 Å². The number of benzene rings is 8. The summed E-state index contributed by atoms with van der Waals surface area (Å²) in [5.41, 5.74) is 13.5. The summed E-state index contributed by atoms with van der Waals surface area (Å²) in [7, 11) is 0. The second-order valence-corrected chi connectivity index (χ2v) is 13.3. The fourth-order valence-corrected chi connectivity index (χ4v) is 7.57. The van der Waals surface area contributed by atoms with Gasteiger partial charge in [0, 0.05) is 38.4 Å². The smallest absolute Gasteiger partial charge is 0.160 e. The molecule has 0 amide bonds. The first-order valence-electron chi connectivity index (χ1n) is 17.9. The van der Waals surface area contributed by atoms with Crippen LogP contribution in [0.15, 0.2) is 199 Å². The van der Waals surface area contributed by atoms with Gasteiger partial charge in [0.05, 0.1) is 11.4 Å². The average Bonchev–Trinajstić information content (AvgIpc) is 3.63. The second-order valence-electron chi connectivity index (χ2n) is 13.3. The van der Waals surface area contributed by atoms with E-state index in [-0.39, 0.29) is 0 Å². The minimum absolute atomic E-state index is 0.703. The van der Waals surface area contributed by atoms with Crippen molar-refractivity contribution < 1.29 is 4.42 Å². The predicted molar refractivity (Wildman–Crippen MR) is 219 cm³/mol. The van der Waals surface area contributed by atoms with E-state index in [9.17, 15) is 0 Å². The average molecular weight is 677 g/mol. The number of nitrogens with zero attached hydrogens (tertiary/aromatic N) is 2. The van der Waals surface area contributed by atoms with Crippen LogP contribution in [0.1, 0.15) is 0 Å². The van der Waals surface area contributed by atoms with Gasteiger partial charge in [-0.25, -0.2) is 9.97 Å². The first-order chi connectivity index (χ1) is 26.3. The number of rotatable bonds is 6. The highest BCUT2D eigenvalue weighted by Gasteiger charge is 2.19. The molecule has 0 spiro atoms. The second kappa shape index (κ2) is 12.9. The first-order valence-corrected chi connectivity index (χ1v) is 17.9. The minimum atomic E-state index is 0.703. The van der Waals surface area contributed by atoms with Crippen molar-refractivity contribution in [2.45, 2.75) is 0 Å². The molecule has 0 saturated heterocycles. The van der Waals surface area contributed by atoms with Crippen LogP contribution in [0, 0.1) is 0 Å². The molecule has 0 atom stereocenters. The SMILES string of the molecule is c1ccc(-c2cc(-c3cccc(-c4cc5c6cccc(-c7ccccc7-c7ccccc7)c6oc5c5ccccc45)c3)nc(-c3ccccc3)n2)cc1. The lowest BCUT2D eigenvalue weighted by atomic mass is 9.92. The van der Waals surface area contributed by atoms with Crippen molar-refractivity contribution in [3.8, 4) is 67.3 Å². The van der Waals surface area contributed by atoms with Crippen LogP contribution in [0.4, 0.5) is 0 Å². The highest BCUT2D eigenvalue weighted by atomic mass is 16.3. The molecule has 0 unspecified atom stereocenters. The summed E-state index contributed by atoms with van der Waals surface area (Å²) in [6.07, 6.45) is 0. The van der Waals surface area contributed by atoms with Crippen molar-refractivity contribution in [2.75, 3.05) is 0 Å². The Morgan fingerprint density at radius 1 is 0.283 bits per heavy atom. The Labute approximate surface area is 307 Å². The van der Waals surface area contributed by atoms with Gasteiger partial charge in [-0.1, -0.05) is 176 Å². The zero-order chi connectivity index (χ0) is 35.1. The lowest BCUT2D eigenvalue weighted by molar-refractivity contribution is 0.674. The van der Waals surface area contributed by atoms with Gasteiger partial charge in [-0.15, -0.1) is 0 Å². The van der Waals surface area contributed by atoms with Crippen molar-refractivity contribution in [3.63, 3.8) is 0 Å². The standard InChI is InChI=1S/C50H32N2O/c1-4-16-33(17-5-1)38-24-10-11-25-39(38)42-28-15-29-43-45-31-44(40-26-12-13-27-41(40)49(45)53-48(42)43)36-22-14-23-37(30-36)47-32-46(34-18-6-2-7-19-34)51-50(52-47)35-20-8-3-9-21-35/h1-32H. The largest absolute Gasteiger partial charge is 0.455 e. The van der Waals surface area contributed by atoms with Gasteiger partial charge in [-0.05, 0) is 51.4 Å². The normalized spacial score (nSPS) is 11.4. The molecule has 53 heavy (non-hydrogen) atoms. The van der Waals surface area contributed by atoms with Crippen LogP contribution in [0.2, 0.25) is 0 Å². The molecule has 2 aromatic heterocycles. The van der Waals surface area contributed by atoms with E-state index in [1.807, 2.05) is 36.4 Å². The molecule has 10 aromatic rings. The van der Waals surface area contributed by atoms with Crippen LogP contribution in [0.3, 0.4) is 0 Å². The van der Waals surface area contributed by atoms with Gasteiger partial charge in [0.1, 0.15) is 11.2 Å². The first kappa shape index (κ1) is 30.7. The van der Waals surface area contributed by atoms with Gasteiger partial charge in [0.15, 0.2) is 5.82 Å². The minimum Gasteiger partial charge on any atom is -0.455 e. The zero-order valence-corrected chi connectivity index (χ0v) is 28.8. The summed E-state index contributed by atoms with van der Waals surface area (Å²) < 4.78 is 6.92. The molecule has 2 heterocycles. The molecule has 0 fully saturated rings. The summed E-state index contributed by atoms with van der Waals surface area (Å²) in [6, 6.07) is 67.9. The van der Waals surface area contributed by atoms with Gasteiger partial charge < -0.3 is 4.42 Å². The molecule has 0 aliphatic carbocycles. The van der Waals surface area contributed by atoms with Crippen molar-refractivity contribution in [3.05, 3.63) is 194 Å². The molecule has 8 aromatic carbocycles. The molecule has 248 valence electrons. The van der Waals surface area contributed by atoms with Crippen LogP contribution in [-0.2, 0) is 0 Å². The van der Waals surface area contributed by atoms with E-state index in [2.05, 4.69) is 158 Å². The van der Waals surface area contributed by atoms with Crippen molar-refractivity contribution in [1.82, 2.24) is 9.97 Å². The van der Waals surface area contributed by atoms with Crippen molar-refractivity contribution in [2.24, 2.45) is 0 Å². The van der Waals surface area contributed by atoms with Gasteiger partial charge in [0.2, 0.25) is 0 Å². The molecular formula is C50H32N2O. The Bertz CT molecular complexity index is 2870. The predicted octanol–water partition coefficient (Wildman–Crippen LogP) is 13.5. The number of furan rings is 1. The van der Waals surface area contributed by atoms with Crippen molar-refractivity contribution in [1.29, 1.82) is 0 Å². The number of aromatic nitrogens is 2. The van der Waals surface area contributed by atoms with Gasteiger partial charge in [-0.2, -0.15) is 0 Å². The fourth-order valence-electron chi connectivity index (χ4n) is 7.57. The quantitative estimate of drug-likeness (QED) is 0.176. The Kier molecular flexibility index (Phi) is 7.47. The summed E-state index contributed by atoms with van der Waals surface area (Å²) in [4.78, 5) is 10.1. The fraction of sp³-hybridized carbons (Fsp3) is 0. The lowest BCUT2D eigenvalue weighted by Crippen LogP contribution is -1.96. The van der Waals surface area contributed by atoms with Crippen molar-refractivity contribution >= 4 is 32.7 Å². The highest BCUT2D eigenvalue weighted by molar-refractivity contribution is 6.21. The van der Waals surface area contributed by atoms with Crippen LogP contribution in [-0.4, -0.2) is 9.97 Å². The number of para-hydroxylation sites is 1. The molecule has 0 aliphatic rings. The Hall–Kier alpha value is -7.10.